The highest BCUT2D eigenvalue weighted by Crippen LogP contribution is 2.18. The summed E-state index contributed by atoms with van der Waals surface area (Å²) < 4.78 is 2.00. The van der Waals surface area contributed by atoms with Gasteiger partial charge in [0.25, 0.3) is 5.91 Å². The Morgan fingerprint density at radius 1 is 1.19 bits per heavy atom. The number of carbonyl (C=O) groups excluding carboxylic acids is 2. The molecule has 5 nitrogen and oxygen atoms in total. The van der Waals surface area contributed by atoms with Gasteiger partial charge in [0.05, 0.1) is 0 Å². The first kappa shape index (κ1) is 15.4. The van der Waals surface area contributed by atoms with Crippen LogP contribution in [0.25, 0.3) is 0 Å². The molecular formula is C16H23N3O2. The van der Waals surface area contributed by atoms with Gasteiger partial charge in [0.1, 0.15) is 5.69 Å². The smallest absolute Gasteiger partial charge is 0.270 e. The third-order valence-electron chi connectivity index (χ3n) is 4.02. The number of hydrogen-bond acceptors (Lipinski definition) is 2. The Labute approximate surface area is 125 Å². The molecule has 1 aliphatic heterocycles. The number of piperazine rings is 1. The zero-order valence-electron chi connectivity index (χ0n) is 13.1. The van der Waals surface area contributed by atoms with Gasteiger partial charge in [0.15, 0.2) is 0 Å². The minimum absolute atomic E-state index is 0.0469. The lowest BCUT2D eigenvalue weighted by atomic mass is 10.2. The lowest BCUT2D eigenvalue weighted by Gasteiger charge is -2.34. The summed E-state index contributed by atoms with van der Waals surface area (Å²) in [6.45, 7) is 12.3. The Hall–Kier alpha value is -2.04. The van der Waals surface area contributed by atoms with Crippen molar-refractivity contribution in [2.75, 3.05) is 26.2 Å². The molecule has 0 bridgehead atoms. The monoisotopic (exact) mass is 289 g/mol. The molecule has 1 saturated heterocycles. The second kappa shape index (κ2) is 6.16. The van der Waals surface area contributed by atoms with E-state index in [1.54, 1.807) is 17.9 Å². The first-order valence-corrected chi connectivity index (χ1v) is 7.28. The fraction of sp³-hybridized carbons (Fsp3) is 0.500. The predicted octanol–water partition coefficient (Wildman–Crippen LogP) is 1.60. The van der Waals surface area contributed by atoms with Crippen LogP contribution in [0.1, 0.15) is 28.7 Å². The molecule has 0 atom stereocenters. The first-order valence-electron chi connectivity index (χ1n) is 7.28. The van der Waals surface area contributed by atoms with Gasteiger partial charge in [-0.25, -0.2) is 0 Å². The van der Waals surface area contributed by atoms with Crippen molar-refractivity contribution >= 4 is 11.8 Å². The normalized spacial score (nSPS) is 15.2. The van der Waals surface area contributed by atoms with Crippen molar-refractivity contribution in [2.45, 2.75) is 27.3 Å². The maximum absolute atomic E-state index is 12.8. The molecule has 1 aromatic heterocycles. The zero-order chi connectivity index (χ0) is 15.6. The molecule has 0 N–H and O–H groups in total. The third-order valence-corrected chi connectivity index (χ3v) is 4.02. The van der Waals surface area contributed by atoms with E-state index in [2.05, 4.69) is 6.58 Å². The number of aromatic nitrogens is 1. The molecule has 0 saturated carbocycles. The van der Waals surface area contributed by atoms with E-state index in [0.717, 1.165) is 17.0 Å². The van der Waals surface area contributed by atoms with Crippen molar-refractivity contribution in [1.29, 1.82) is 0 Å². The predicted molar refractivity (Wildman–Crippen MR) is 82.3 cm³/mol. The van der Waals surface area contributed by atoms with E-state index in [4.69, 9.17) is 0 Å². The van der Waals surface area contributed by atoms with E-state index >= 15 is 0 Å². The van der Waals surface area contributed by atoms with Crippen LogP contribution >= 0.6 is 0 Å². The van der Waals surface area contributed by atoms with Crippen molar-refractivity contribution in [1.82, 2.24) is 14.4 Å². The molecule has 0 aliphatic carbocycles. The SMILES string of the molecule is C=CCn1c(C)cc(C)c1C(=O)N1CCN(C(C)=O)CC1. The van der Waals surface area contributed by atoms with E-state index < -0.39 is 0 Å². The minimum Gasteiger partial charge on any atom is -0.339 e. The van der Waals surface area contributed by atoms with E-state index in [-0.39, 0.29) is 11.8 Å². The van der Waals surface area contributed by atoms with E-state index in [9.17, 15) is 9.59 Å². The minimum atomic E-state index is 0.0469. The van der Waals surface area contributed by atoms with Crippen LogP contribution in [0, 0.1) is 13.8 Å². The van der Waals surface area contributed by atoms with Crippen LogP contribution in [0.15, 0.2) is 18.7 Å². The van der Waals surface area contributed by atoms with E-state index in [1.165, 1.54) is 0 Å². The van der Waals surface area contributed by atoms with Gasteiger partial charge in [-0.1, -0.05) is 6.08 Å². The lowest BCUT2D eigenvalue weighted by molar-refractivity contribution is -0.130. The summed E-state index contributed by atoms with van der Waals surface area (Å²) in [5, 5.41) is 0. The Morgan fingerprint density at radius 3 is 2.29 bits per heavy atom. The second-order valence-electron chi connectivity index (χ2n) is 5.51. The lowest BCUT2D eigenvalue weighted by Crippen LogP contribution is -2.50. The van der Waals surface area contributed by atoms with E-state index in [0.29, 0.717) is 32.7 Å². The topological polar surface area (TPSA) is 45.6 Å². The van der Waals surface area contributed by atoms with Crippen LogP contribution in [-0.4, -0.2) is 52.4 Å². The summed E-state index contributed by atoms with van der Waals surface area (Å²) in [5.41, 5.74) is 2.80. The van der Waals surface area contributed by atoms with Crippen LogP contribution < -0.4 is 0 Å². The van der Waals surface area contributed by atoms with E-state index in [1.807, 2.05) is 29.4 Å². The number of rotatable bonds is 3. The van der Waals surface area contributed by atoms with Crippen LogP contribution in [0.2, 0.25) is 0 Å². The highest BCUT2D eigenvalue weighted by atomic mass is 16.2. The molecule has 114 valence electrons. The molecule has 1 fully saturated rings. The van der Waals surface area contributed by atoms with Gasteiger partial charge in [0.2, 0.25) is 5.91 Å². The van der Waals surface area contributed by atoms with Gasteiger partial charge >= 0.3 is 0 Å². The van der Waals surface area contributed by atoms with Crippen molar-refractivity contribution in [3.05, 3.63) is 35.7 Å². The Kier molecular flexibility index (Phi) is 4.50. The van der Waals surface area contributed by atoms with Crippen LogP contribution in [0.5, 0.6) is 0 Å². The summed E-state index contributed by atoms with van der Waals surface area (Å²) in [4.78, 5) is 27.7. The molecule has 2 heterocycles. The number of amides is 2. The van der Waals surface area contributed by atoms with Crippen molar-refractivity contribution in [2.24, 2.45) is 0 Å². The van der Waals surface area contributed by atoms with Crippen molar-refractivity contribution in [3.63, 3.8) is 0 Å². The van der Waals surface area contributed by atoms with Crippen molar-refractivity contribution < 1.29 is 9.59 Å². The van der Waals surface area contributed by atoms with Gasteiger partial charge in [0, 0.05) is 45.3 Å². The number of aryl methyl sites for hydroxylation is 2. The van der Waals surface area contributed by atoms with Gasteiger partial charge in [-0.3, -0.25) is 9.59 Å². The van der Waals surface area contributed by atoms with Gasteiger partial charge in [-0.2, -0.15) is 0 Å². The molecule has 0 unspecified atom stereocenters. The highest BCUT2D eigenvalue weighted by molar-refractivity contribution is 5.94. The molecule has 1 aliphatic rings. The highest BCUT2D eigenvalue weighted by Gasteiger charge is 2.26. The molecular weight excluding hydrogens is 266 g/mol. The van der Waals surface area contributed by atoms with Crippen LogP contribution in [0.4, 0.5) is 0 Å². The summed E-state index contributed by atoms with van der Waals surface area (Å²) in [6, 6.07) is 2.03. The fourth-order valence-corrected chi connectivity index (χ4v) is 2.87. The molecule has 2 amide bonds. The Balaban J connectivity index is 2.18. The number of nitrogens with zero attached hydrogens (tertiary/aromatic N) is 3. The summed E-state index contributed by atoms with van der Waals surface area (Å²) in [6.07, 6.45) is 1.80. The van der Waals surface area contributed by atoms with Gasteiger partial charge in [-0.05, 0) is 25.5 Å². The quantitative estimate of drug-likeness (QED) is 0.793. The number of hydrogen-bond donors (Lipinski definition) is 0. The standard InChI is InChI=1S/C16H23N3O2/c1-5-6-19-13(3)11-12(2)15(19)16(21)18-9-7-17(8-10-18)14(4)20/h5,11H,1,6-10H2,2-4H3. The summed E-state index contributed by atoms with van der Waals surface area (Å²) in [7, 11) is 0. The van der Waals surface area contributed by atoms with Crippen LogP contribution in [-0.2, 0) is 11.3 Å². The van der Waals surface area contributed by atoms with Gasteiger partial charge < -0.3 is 14.4 Å². The molecule has 21 heavy (non-hydrogen) atoms. The average molecular weight is 289 g/mol. The fourth-order valence-electron chi connectivity index (χ4n) is 2.87. The molecule has 0 radical (unpaired) electrons. The maximum atomic E-state index is 12.8. The van der Waals surface area contributed by atoms with Crippen LogP contribution in [0.3, 0.4) is 0 Å². The van der Waals surface area contributed by atoms with Gasteiger partial charge in [-0.15, -0.1) is 6.58 Å². The number of carbonyl (C=O) groups is 2. The zero-order valence-corrected chi connectivity index (χ0v) is 13.1. The maximum Gasteiger partial charge on any atom is 0.270 e. The third kappa shape index (κ3) is 3.01. The summed E-state index contributed by atoms with van der Waals surface area (Å²) in [5.74, 6) is 0.120. The summed E-state index contributed by atoms with van der Waals surface area (Å²) >= 11 is 0. The Morgan fingerprint density at radius 2 is 1.76 bits per heavy atom. The molecule has 0 spiro atoms. The molecule has 1 aromatic rings. The van der Waals surface area contributed by atoms with Crippen molar-refractivity contribution in [3.8, 4) is 0 Å². The molecule has 5 heteroatoms. The largest absolute Gasteiger partial charge is 0.339 e. The average Bonchev–Trinajstić information content (AvgIpc) is 2.73. The first-order chi connectivity index (χ1) is 9.95. The second-order valence-corrected chi connectivity index (χ2v) is 5.51. The molecule has 0 aromatic carbocycles. The number of allylic oxidation sites excluding steroid dienone is 1. The Bertz CT molecular complexity index is 566. The molecule has 2 rings (SSSR count).